The van der Waals surface area contributed by atoms with E-state index in [9.17, 15) is 0 Å². The molecule has 16 heavy (non-hydrogen) atoms. The number of benzene rings is 1. The Labute approximate surface area is 104 Å². The van der Waals surface area contributed by atoms with E-state index in [1.54, 1.807) is 11.3 Å². The smallest absolute Gasteiger partial charge is 0.0900 e. The third kappa shape index (κ3) is 2.74. The third-order valence-electron chi connectivity index (χ3n) is 2.28. The number of nitrogens with one attached hydrogen (secondary N) is 1. The van der Waals surface area contributed by atoms with E-state index in [4.69, 9.17) is 11.6 Å². The molecule has 0 unspecified atom stereocenters. The van der Waals surface area contributed by atoms with Gasteiger partial charge < -0.3 is 5.32 Å². The van der Waals surface area contributed by atoms with E-state index in [2.05, 4.69) is 10.3 Å². The summed E-state index contributed by atoms with van der Waals surface area (Å²) in [6.07, 6.45) is 0. The summed E-state index contributed by atoms with van der Waals surface area (Å²) in [6.45, 7) is 4.87. The standard InChI is InChI=1S/C12H13ClN2S/c1-8-12(16-9(2)15-8)7-14-11-5-3-4-10(13)6-11/h3-6,14H,7H2,1-2H3. The van der Waals surface area contributed by atoms with Crippen LogP contribution in [0.1, 0.15) is 15.6 Å². The van der Waals surface area contributed by atoms with E-state index < -0.39 is 0 Å². The zero-order valence-electron chi connectivity index (χ0n) is 9.25. The predicted octanol–water partition coefficient (Wildman–Crippen LogP) is 4.03. The Morgan fingerprint density at radius 1 is 1.38 bits per heavy atom. The van der Waals surface area contributed by atoms with Gasteiger partial charge in [-0.05, 0) is 32.0 Å². The molecule has 0 fully saturated rings. The molecule has 0 saturated heterocycles. The van der Waals surface area contributed by atoms with Crippen molar-refractivity contribution in [2.24, 2.45) is 0 Å². The fourth-order valence-corrected chi connectivity index (χ4v) is 2.59. The van der Waals surface area contributed by atoms with Crippen molar-refractivity contribution in [1.82, 2.24) is 4.98 Å². The highest BCUT2D eigenvalue weighted by Crippen LogP contribution is 2.20. The quantitative estimate of drug-likeness (QED) is 0.892. The monoisotopic (exact) mass is 252 g/mol. The molecule has 0 atom stereocenters. The van der Waals surface area contributed by atoms with E-state index in [0.717, 1.165) is 28.0 Å². The molecule has 0 saturated carbocycles. The molecule has 0 aliphatic heterocycles. The van der Waals surface area contributed by atoms with E-state index in [0.29, 0.717) is 0 Å². The molecule has 1 aromatic carbocycles. The van der Waals surface area contributed by atoms with Crippen LogP contribution in [0.3, 0.4) is 0 Å². The second-order valence-electron chi connectivity index (χ2n) is 3.61. The predicted molar refractivity (Wildman–Crippen MR) is 70.4 cm³/mol. The average molecular weight is 253 g/mol. The van der Waals surface area contributed by atoms with Gasteiger partial charge in [-0.25, -0.2) is 4.98 Å². The van der Waals surface area contributed by atoms with E-state index in [1.165, 1.54) is 4.88 Å². The SMILES string of the molecule is Cc1nc(C)c(CNc2cccc(Cl)c2)s1. The van der Waals surface area contributed by atoms with Gasteiger partial charge in [0.05, 0.1) is 17.2 Å². The summed E-state index contributed by atoms with van der Waals surface area (Å²) in [4.78, 5) is 5.67. The number of anilines is 1. The largest absolute Gasteiger partial charge is 0.380 e. The van der Waals surface area contributed by atoms with Crippen molar-refractivity contribution in [3.8, 4) is 0 Å². The van der Waals surface area contributed by atoms with Crippen molar-refractivity contribution in [1.29, 1.82) is 0 Å². The van der Waals surface area contributed by atoms with Crippen LogP contribution in [0.2, 0.25) is 5.02 Å². The lowest BCUT2D eigenvalue weighted by molar-refractivity contribution is 1.11. The van der Waals surface area contributed by atoms with Crippen LogP contribution in [-0.4, -0.2) is 4.98 Å². The lowest BCUT2D eigenvalue weighted by atomic mass is 10.3. The first kappa shape index (κ1) is 11.4. The minimum Gasteiger partial charge on any atom is -0.380 e. The lowest BCUT2D eigenvalue weighted by Crippen LogP contribution is -1.98. The van der Waals surface area contributed by atoms with Gasteiger partial charge in [-0.2, -0.15) is 0 Å². The number of halogens is 1. The summed E-state index contributed by atoms with van der Waals surface area (Å²) in [5.41, 5.74) is 2.15. The van der Waals surface area contributed by atoms with Gasteiger partial charge in [-0.3, -0.25) is 0 Å². The molecule has 1 heterocycles. The van der Waals surface area contributed by atoms with Crippen LogP contribution in [0.15, 0.2) is 24.3 Å². The molecule has 0 spiro atoms. The first-order chi connectivity index (χ1) is 7.65. The van der Waals surface area contributed by atoms with Crippen molar-refractivity contribution >= 4 is 28.6 Å². The molecule has 4 heteroatoms. The van der Waals surface area contributed by atoms with Gasteiger partial charge in [0.15, 0.2) is 0 Å². The maximum absolute atomic E-state index is 5.91. The molecule has 0 bridgehead atoms. The molecule has 0 radical (unpaired) electrons. The molecule has 2 rings (SSSR count). The van der Waals surface area contributed by atoms with Crippen molar-refractivity contribution < 1.29 is 0 Å². The van der Waals surface area contributed by atoms with E-state index >= 15 is 0 Å². The fourth-order valence-electron chi connectivity index (χ4n) is 1.52. The summed E-state index contributed by atoms with van der Waals surface area (Å²) < 4.78 is 0. The minimum absolute atomic E-state index is 0.752. The number of rotatable bonds is 3. The molecular weight excluding hydrogens is 240 g/mol. The van der Waals surface area contributed by atoms with Gasteiger partial charge in [0, 0.05) is 15.6 Å². The maximum Gasteiger partial charge on any atom is 0.0900 e. The van der Waals surface area contributed by atoms with Crippen LogP contribution in [0, 0.1) is 13.8 Å². The number of aryl methyl sites for hydroxylation is 2. The van der Waals surface area contributed by atoms with E-state index in [1.807, 2.05) is 38.1 Å². The van der Waals surface area contributed by atoms with Crippen molar-refractivity contribution in [2.75, 3.05) is 5.32 Å². The Hall–Kier alpha value is -1.06. The van der Waals surface area contributed by atoms with Gasteiger partial charge >= 0.3 is 0 Å². The molecule has 1 N–H and O–H groups in total. The topological polar surface area (TPSA) is 24.9 Å². The number of nitrogens with zero attached hydrogens (tertiary/aromatic N) is 1. The zero-order chi connectivity index (χ0) is 11.5. The summed E-state index contributed by atoms with van der Waals surface area (Å²) >= 11 is 7.64. The Bertz CT molecular complexity index is 494. The fraction of sp³-hybridized carbons (Fsp3) is 0.250. The van der Waals surface area contributed by atoms with Gasteiger partial charge in [0.25, 0.3) is 0 Å². The number of hydrogen-bond donors (Lipinski definition) is 1. The van der Waals surface area contributed by atoms with Crippen LogP contribution < -0.4 is 5.32 Å². The van der Waals surface area contributed by atoms with Crippen LogP contribution in [0.5, 0.6) is 0 Å². The van der Waals surface area contributed by atoms with Crippen molar-refractivity contribution in [3.05, 3.63) is 44.9 Å². The van der Waals surface area contributed by atoms with Crippen LogP contribution >= 0.6 is 22.9 Å². The summed E-state index contributed by atoms with van der Waals surface area (Å²) in [5.74, 6) is 0. The first-order valence-corrected chi connectivity index (χ1v) is 6.27. The zero-order valence-corrected chi connectivity index (χ0v) is 10.8. The Kier molecular flexibility index (Phi) is 3.46. The van der Waals surface area contributed by atoms with Crippen LogP contribution in [-0.2, 0) is 6.54 Å². The average Bonchev–Trinajstić information content (AvgIpc) is 2.54. The maximum atomic E-state index is 5.91. The molecule has 0 aliphatic carbocycles. The Morgan fingerprint density at radius 2 is 2.19 bits per heavy atom. The number of thiazole rings is 1. The van der Waals surface area contributed by atoms with Crippen LogP contribution in [0.4, 0.5) is 5.69 Å². The minimum atomic E-state index is 0.752. The first-order valence-electron chi connectivity index (χ1n) is 5.07. The normalized spacial score (nSPS) is 10.4. The molecule has 1 aromatic heterocycles. The van der Waals surface area contributed by atoms with Gasteiger partial charge in [-0.15, -0.1) is 11.3 Å². The molecule has 84 valence electrons. The highest BCUT2D eigenvalue weighted by atomic mass is 35.5. The number of aromatic nitrogens is 1. The molecule has 2 nitrogen and oxygen atoms in total. The van der Waals surface area contributed by atoms with Gasteiger partial charge in [0.2, 0.25) is 0 Å². The highest BCUT2D eigenvalue weighted by Gasteiger charge is 2.04. The summed E-state index contributed by atoms with van der Waals surface area (Å²) in [5, 5.41) is 5.21. The second kappa shape index (κ2) is 4.85. The van der Waals surface area contributed by atoms with Crippen molar-refractivity contribution in [2.45, 2.75) is 20.4 Å². The molecule has 0 aliphatic rings. The molecule has 0 amide bonds. The summed E-state index contributed by atoms with van der Waals surface area (Å²) in [7, 11) is 0. The lowest BCUT2D eigenvalue weighted by Gasteiger charge is -2.05. The molecule has 2 aromatic rings. The summed E-state index contributed by atoms with van der Waals surface area (Å²) in [6, 6.07) is 7.74. The van der Waals surface area contributed by atoms with Gasteiger partial charge in [0.1, 0.15) is 0 Å². The third-order valence-corrected chi connectivity index (χ3v) is 3.59. The van der Waals surface area contributed by atoms with E-state index in [-0.39, 0.29) is 0 Å². The van der Waals surface area contributed by atoms with Crippen molar-refractivity contribution in [3.63, 3.8) is 0 Å². The Balaban J connectivity index is 2.05. The van der Waals surface area contributed by atoms with Crippen LogP contribution in [0.25, 0.3) is 0 Å². The highest BCUT2D eigenvalue weighted by molar-refractivity contribution is 7.11. The molecular formula is C12H13ClN2S. The van der Waals surface area contributed by atoms with Gasteiger partial charge in [-0.1, -0.05) is 17.7 Å². The number of hydrogen-bond acceptors (Lipinski definition) is 3. The second-order valence-corrected chi connectivity index (χ2v) is 5.33. The Morgan fingerprint density at radius 3 is 2.81 bits per heavy atom.